The van der Waals surface area contributed by atoms with Crippen LogP contribution in [-0.2, 0) is 27.4 Å². The molecule has 7 nitrogen and oxygen atoms in total. The molecule has 0 radical (unpaired) electrons. The largest absolute Gasteiger partial charge is 0.495 e. The molecule has 1 aromatic rings. The molecule has 178 valence electrons. The molecule has 2 fully saturated rings. The average molecular weight is 445 g/mol. The maximum Gasteiger partial charge on any atom is 0.135 e. The lowest BCUT2D eigenvalue weighted by molar-refractivity contribution is 0.0490. The number of benzene rings is 1. The van der Waals surface area contributed by atoms with Crippen LogP contribution in [0, 0.1) is 5.92 Å². The van der Waals surface area contributed by atoms with E-state index in [2.05, 4.69) is 46.7 Å². The molecule has 2 aliphatic heterocycles. The summed E-state index contributed by atoms with van der Waals surface area (Å²) < 4.78 is 17.2. The lowest BCUT2D eigenvalue weighted by Crippen LogP contribution is -2.42. The van der Waals surface area contributed by atoms with E-state index in [-0.39, 0.29) is 12.3 Å². The second-order valence-corrected chi connectivity index (χ2v) is 8.63. The predicted octanol–water partition coefficient (Wildman–Crippen LogP) is 2.34. The van der Waals surface area contributed by atoms with Gasteiger partial charge in [-0.05, 0) is 56.0 Å². The summed E-state index contributed by atoms with van der Waals surface area (Å²) in [6.07, 6.45) is 5.79. The molecule has 4 N–H and O–H groups in total. The highest BCUT2D eigenvalue weighted by Crippen LogP contribution is 2.24. The Morgan fingerprint density at radius 2 is 2.03 bits per heavy atom. The van der Waals surface area contributed by atoms with Crippen LogP contribution in [-0.4, -0.2) is 64.2 Å². The number of hydrogen-bond donors (Lipinski definition) is 3. The van der Waals surface area contributed by atoms with E-state index in [1.165, 1.54) is 24.0 Å². The molecule has 7 heteroatoms. The first-order valence-corrected chi connectivity index (χ1v) is 11.7. The maximum absolute atomic E-state index is 6.06. The summed E-state index contributed by atoms with van der Waals surface area (Å²) >= 11 is 0. The third kappa shape index (κ3) is 6.80. The van der Waals surface area contributed by atoms with Gasteiger partial charge < -0.3 is 25.3 Å². The van der Waals surface area contributed by atoms with Gasteiger partial charge in [-0.15, -0.1) is 0 Å². The summed E-state index contributed by atoms with van der Waals surface area (Å²) in [5, 5.41) is 6.95. The minimum atomic E-state index is -0.254. The van der Waals surface area contributed by atoms with Gasteiger partial charge in [-0.2, -0.15) is 0 Å². The summed E-state index contributed by atoms with van der Waals surface area (Å²) in [5.74, 6) is 1.58. The van der Waals surface area contributed by atoms with Crippen molar-refractivity contribution in [3.8, 4) is 0 Å². The number of morpholine rings is 1. The van der Waals surface area contributed by atoms with E-state index in [0.717, 1.165) is 44.1 Å². The third-order valence-corrected chi connectivity index (χ3v) is 6.49. The van der Waals surface area contributed by atoms with Gasteiger partial charge in [0, 0.05) is 45.6 Å². The van der Waals surface area contributed by atoms with Gasteiger partial charge in [-0.3, -0.25) is 10.2 Å². The first kappa shape index (κ1) is 24.7. The first-order chi connectivity index (χ1) is 15.7. The Labute approximate surface area is 193 Å². The molecule has 0 amide bonds. The van der Waals surface area contributed by atoms with Gasteiger partial charge in [0.15, 0.2) is 0 Å². The lowest BCUT2D eigenvalue weighted by atomic mass is 9.98. The molecule has 2 unspecified atom stereocenters. The molecule has 0 spiro atoms. The third-order valence-electron chi connectivity index (χ3n) is 6.49. The lowest BCUT2D eigenvalue weighted by Gasteiger charge is -2.36. The highest BCUT2D eigenvalue weighted by Gasteiger charge is 2.26. The van der Waals surface area contributed by atoms with E-state index < -0.39 is 0 Å². The normalized spacial score (nSPS) is 23.3. The zero-order chi connectivity index (χ0) is 22.8. The second kappa shape index (κ2) is 13.0. The number of methoxy groups -OCH3 is 2. The summed E-state index contributed by atoms with van der Waals surface area (Å²) in [7, 11) is 3.45. The van der Waals surface area contributed by atoms with E-state index >= 15 is 0 Å². The highest BCUT2D eigenvalue weighted by molar-refractivity contribution is 5.29. The van der Waals surface area contributed by atoms with Crippen molar-refractivity contribution in [2.75, 3.05) is 47.0 Å². The second-order valence-electron chi connectivity index (χ2n) is 8.63. The number of nitrogens with one attached hydrogen (secondary N) is 2. The van der Waals surface area contributed by atoms with Crippen LogP contribution in [0.5, 0.6) is 0 Å². The Hall–Kier alpha value is -1.90. The minimum Gasteiger partial charge on any atom is -0.495 e. The van der Waals surface area contributed by atoms with E-state index in [0.29, 0.717) is 19.1 Å². The van der Waals surface area contributed by atoms with Crippen LogP contribution in [0.2, 0.25) is 0 Å². The summed E-state index contributed by atoms with van der Waals surface area (Å²) in [4.78, 5) is 2.43. The van der Waals surface area contributed by atoms with Gasteiger partial charge in [0.05, 0.1) is 12.6 Å². The Balaban J connectivity index is 1.66. The Kier molecular flexibility index (Phi) is 10.0. The summed E-state index contributed by atoms with van der Waals surface area (Å²) in [6, 6.07) is 8.59. The van der Waals surface area contributed by atoms with E-state index in [1.807, 2.05) is 6.08 Å². The highest BCUT2D eigenvalue weighted by atomic mass is 16.5. The summed E-state index contributed by atoms with van der Waals surface area (Å²) in [6.45, 7) is 8.27. The quantitative estimate of drug-likeness (QED) is 0.478. The fraction of sp³-hybridized carbons (Fsp3) is 0.600. The number of ether oxygens (including phenoxy) is 3. The Morgan fingerprint density at radius 1 is 1.28 bits per heavy atom. The average Bonchev–Trinajstić information content (AvgIpc) is 2.83. The number of nitrogens with two attached hydrogens (primary N) is 1. The van der Waals surface area contributed by atoms with Gasteiger partial charge in [0.2, 0.25) is 0 Å². The number of rotatable bonds is 10. The van der Waals surface area contributed by atoms with E-state index in [4.69, 9.17) is 19.9 Å². The molecule has 0 aromatic heterocycles. The predicted molar refractivity (Wildman–Crippen MR) is 128 cm³/mol. The molecule has 1 aromatic carbocycles. The van der Waals surface area contributed by atoms with E-state index in [1.54, 1.807) is 20.4 Å². The smallest absolute Gasteiger partial charge is 0.135 e. The van der Waals surface area contributed by atoms with Gasteiger partial charge in [-0.25, -0.2) is 0 Å². The van der Waals surface area contributed by atoms with Crippen molar-refractivity contribution in [2.45, 2.75) is 45.2 Å². The van der Waals surface area contributed by atoms with Crippen LogP contribution < -0.4 is 16.4 Å². The van der Waals surface area contributed by atoms with Crippen LogP contribution in [0.1, 0.15) is 30.9 Å². The Bertz CT molecular complexity index is 761. The molecule has 2 atom stereocenters. The molecular formula is C25H40N4O3. The van der Waals surface area contributed by atoms with Crippen molar-refractivity contribution in [2.24, 2.45) is 11.7 Å². The first-order valence-electron chi connectivity index (χ1n) is 11.7. The van der Waals surface area contributed by atoms with Crippen LogP contribution in [0.25, 0.3) is 0 Å². The van der Waals surface area contributed by atoms with Gasteiger partial charge in [0.25, 0.3) is 0 Å². The standard InChI is InChI=1S/C25H40N4O3/c1-19-24(14-23(15-26)25(31-3)28-16-20-8-10-27-11-9-20)32-13-12-29(19)17-21-6-4-5-7-22(21)18-30-2/h4-7,14-15,19-20,25,27-28H,8-13,16-18,26H2,1-3H3/b23-15?,24-14+. The number of nitrogens with zero attached hydrogens (tertiary/aromatic N) is 1. The van der Waals surface area contributed by atoms with Crippen molar-refractivity contribution < 1.29 is 14.2 Å². The summed E-state index contributed by atoms with van der Waals surface area (Å²) in [5.41, 5.74) is 9.42. The molecule has 2 saturated heterocycles. The molecule has 2 aliphatic rings. The zero-order valence-electron chi connectivity index (χ0n) is 19.8. The van der Waals surface area contributed by atoms with Crippen molar-refractivity contribution >= 4 is 0 Å². The molecular weight excluding hydrogens is 404 g/mol. The van der Waals surface area contributed by atoms with Crippen LogP contribution in [0.3, 0.4) is 0 Å². The van der Waals surface area contributed by atoms with E-state index in [9.17, 15) is 0 Å². The fourth-order valence-corrected chi connectivity index (χ4v) is 4.45. The Morgan fingerprint density at radius 3 is 2.72 bits per heavy atom. The minimum absolute atomic E-state index is 0.135. The molecule has 0 saturated carbocycles. The van der Waals surface area contributed by atoms with Crippen LogP contribution >= 0.6 is 0 Å². The van der Waals surface area contributed by atoms with Crippen molar-refractivity contribution in [3.05, 3.63) is 59.0 Å². The molecule has 32 heavy (non-hydrogen) atoms. The van der Waals surface area contributed by atoms with Gasteiger partial charge >= 0.3 is 0 Å². The van der Waals surface area contributed by atoms with Crippen molar-refractivity contribution in [1.29, 1.82) is 0 Å². The fourth-order valence-electron chi connectivity index (χ4n) is 4.45. The maximum atomic E-state index is 6.06. The molecule has 0 bridgehead atoms. The SMILES string of the molecule is COCc1ccccc1CN1CCO/C(=C/C(=CN)C(NCC2CCNCC2)OC)C1C. The molecule has 0 aliphatic carbocycles. The van der Waals surface area contributed by atoms with Crippen LogP contribution in [0.4, 0.5) is 0 Å². The van der Waals surface area contributed by atoms with Gasteiger partial charge in [-0.1, -0.05) is 24.3 Å². The molecule has 2 heterocycles. The van der Waals surface area contributed by atoms with Crippen molar-refractivity contribution in [3.63, 3.8) is 0 Å². The van der Waals surface area contributed by atoms with Gasteiger partial charge in [0.1, 0.15) is 18.6 Å². The zero-order valence-corrected chi connectivity index (χ0v) is 19.8. The topological polar surface area (TPSA) is 81.0 Å². The van der Waals surface area contributed by atoms with Crippen molar-refractivity contribution in [1.82, 2.24) is 15.5 Å². The monoisotopic (exact) mass is 444 g/mol. The number of piperidine rings is 1. The molecule has 3 rings (SSSR count). The van der Waals surface area contributed by atoms with Crippen LogP contribution in [0.15, 0.2) is 47.9 Å². The number of hydrogen-bond acceptors (Lipinski definition) is 7.